The van der Waals surface area contributed by atoms with Crippen LogP contribution >= 0.6 is 35.8 Å². The molecule has 178 valence electrons. The Kier molecular flexibility index (Phi) is 6.89. The number of carbonyl (C=O) groups excluding carboxylic acids is 1. The van der Waals surface area contributed by atoms with Crippen molar-refractivity contribution in [3.63, 3.8) is 0 Å². The minimum atomic E-state index is -0.376. The van der Waals surface area contributed by atoms with Gasteiger partial charge in [0, 0.05) is 22.0 Å². The van der Waals surface area contributed by atoms with Gasteiger partial charge in [0.1, 0.15) is 5.37 Å². The Bertz CT molecular complexity index is 1260. The fourth-order valence-corrected chi connectivity index (χ4v) is 4.89. The first-order valence-electron chi connectivity index (χ1n) is 11.2. The van der Waals surface area contributed by atoms with Crippen LogP contribution in [-0.2, 0) is 0 Å². The number of thiol groups is 1. The molecule has 2 aromatic carbocycles. The summed E-state index contributed by atoms with van der Waals surface area (Å²) in [6.07, 6.45) is 1.50. The van der Waals surface area contributed by atoms with Crippen LogP contribution in [0, 0.1) is 0 Å². The van der Waals surface area contributed by atoms with Crippen LogP contribution in [0.2, 0.25) is 10.0 Å². The number of amides is 1. The van der Waals surface area contributed by atoms with Gasteiger partial charge in [-0.15, -0.1) is 12.6 Å². The highest BCUT2D eigenvalue weighted by molar-refractivity contribution is 7.80. The van der Waals surface area contributed by atoms with E-state index in [2.05, 4.69) is 26.0 Å². The lowest BCUT2D eigenvalue weighted by Crippen LogP contribution is -2.49. The van der Waals surface area contributed by atoms with Crippen LogP contribution in [0.5, 0.6) is 5.88 Å². The van der Waals surface area contributed by atoms with E-state index in [0.29, 0.717) is 37.1 Å². The van der Waals surface area contributed by atoms with Crippen molar-refractivity contribution in [3.05, 3.63) is 75.3 Å². The summed E-state index contributed by atoms with van der Waals surface area (Å²) in [4.78, 5) is 17.7. The Hall–Kier alpha value is -2.25. The molecule has 4 rings (SSSR count). The van der Waals surface area contributed by atoms with Crippen molar-refractivity contribution in [3.8, 4) is 17.1 Å². The van der Waals surface area contributed by atoms with E-state index in [0.717, 1.165) is 24.0 Å². The van der Waals surface area contributed by atoms with E-state index in [1.54, 1.807) is 24.3 Å². The molecule has 0 aliphatic carbocycles. The predicted molar refractivity (Wildman–Crippen MR) is 142 cm³/mol. The monoisotopic (exact) mass is 516 g/mol. The number of aromatic nitrogens is 1. The van der Waals surface area contributed by atoms with Gasteiger partial charge in [-0.1, -0.05) is 54.4 Å². The summed E-state index contributed by atoms with van der Waals surface area (Å²) < 4.78 is 2.40. The number of aromatic hydroxyl groups is 1. The Balaban J connectivity index is 2.04. The first kappa shape index (κ1) is 24.9. The van der Waals surface area contributed by atoms with Crippen LogP contribution in [0.25, 0.3) is 11.3 Å². The average Bonchev–Trinajstić information content (AvgIpc) is 3.28. The van der Waals surface area contributed by atoms with E-state index in [4.69, 9.17) is 35.8 Å². The zero-order valence-electron chi connectivity index (χ0n) is 19.6. The molecule has 0 bridgehead atoms. The van der Waals surface area contributed by atoms with Crippen molar-refractivity contribution in [1.29, 1.82) is 0 Å². The van der Waals surface area contributed by atoms with Crippen molar-refractivity contribution in [2.24, 2.45) is 4.99 Å². The Morgan fingerprint density at radius 3 is 2.03 bits per heavy atom. The van der Waals surface area contributed by atoms with Crippen molar-refractivity contribution in [1.82, 2.24) is 4.57 Å². The minimum absolute atomic E-state index is 0.0219. The number of aliphatic imine (C=N–C) groups is 1. The van der Waals surface area contributed by atoms with E-state index in [1.165, 1.54) is 0 Å². The number of rotatable bonds is 7. The van der Waals surface area contributed by atoms with Crippen LogP contribution in [0.4, 0.5) is 0 Å². The third-order valence-corrected chi connectivity index (χ3v) is 7.75. The Labute approximate surface area is 215 Å². The largest absolute Gasteiger partial charge is 0.494 e. The maximum atomic E-state index is 13.3. The zero-order chi connectivity index (χ0) is 24.8. The van der Waals surface area contributed by atoms with E-state index in [-0.39, 0.29) is 23.3 Å². The van der Waals surface area contributed by atoms with Gasteiger partial charge in [0.25, 0.3) is 5.91 Å². The van der Waals surface area contributed by atoms with E-state index >= 15 is 0 Å². The predicted octanol–water partition coefficient (Wildman–Crippen LogP) is 6.81. The van der Waals surface area contributed by atoms with Crippen molar-refractivity contribution in [2.45, 2.75) is 38.2 Å². The lowest BCUT2D eigenvalue weighted by atomic mass is 10.0. The van der Waals surface area contributed by atoms with E-state index in [9.17, 15) is 9.90 Å². The molecule has 0 saturated heterocycles. The van der Waals surface area contributed by atoms with E-state index < -0.39 is 0 Å². The fourth-order valence-electron chi connectivity index (χ4n) is 4.49. The molecule has 5 nitrogen and oxygen atoms in total. The standard InChI is InChI=1S/C26H27Cl2N3O2S/c1-5-6-20(31(3,4)15(2)34)30-24(17-9-13-19(28)14-10-17)22-21(26(30)33)23(29-25(22)32)16-7-11-18(27)12-8-16/h7-15,20H,5-6H2,1-4H3,(H-,29,32,33,34)/p+1. The van der Waals surface area contributed by atoms with Gasteiger partial charge in [0.2, 0.25) is 5.88 Å². The van der Waals surface area contributed by atoms with Gasteiger partial charge in [-0.25, -0.2) is 4.99 Å². The SMILES string of the molecule is CCCC(n1c(O)c2c(c1-c1ccc(Cl)cc1)C(=O)N=C2c1ccc(Cl)cc1)[N+](C)(C)C(C)S. The van der Waals surface area contributed by atoms with Gasteiger partial charge < -0.3 is 5.11 Å². The second-order valence-corrected chi connectivity index (χ2v) is 10.7. The molecule has 8 heteroatoms. The molecule has 2 atom stereocenters. The van der Waals surface area contributed by atoms with Crippen LogP contribution in [-0.4, -0.2) is 45.2 Å². The quantitative estimate of drug-likeness (QED) is 0.206. The first-order valence-corrected chi connectivity index (χ1v) is 12.5. The van der Waals surface area contributed by atoms with Crippen LogP contribution in [0.15, 0.2) is 53.5 Å². The molecule has 0 fully saturated rings. The van der Waals surface area contributed by atoms with Gasteiger partial charge in [-0.2, -0.15) is 0 Å². The maximum absolute atomic E-state index is 13.3. The Morgan fingerprint density at radius 1 is 1.00 bits per heavy atom. The Morgan fingerprint density at radius 2 is 1.53 bits per heavy atom. The number of nitrogens with zero attached hydrogens (tertiary/aromatic N) is 3. The summed E-state index contributed by atoms with van der Waals surface area (Å²) in [5.41, 5.74) is 3.44. The molecule has 34 heavy (non-hydrogen) atoms. The third-order valence-electron chi connectivity index (χ3n) is 6.65. The smallest absolute Gasteiger partial charge is 0.280 e. The number of hydrogen-bond acceptors (Lipinski definition) is 3. The number of hydrogen-bond donors (Lipinski definition) is 2. The van der Waals surface area contributed by atoms with Crippen molar-refractivity contribution in [2.75, 3.05) is 14.1 Å². The molecule has 0 saturated carbocycles. The molecule has 0 radical (unpaired) electrons. The minimum Gasteiger partial charge on any atom is -0.494 e. The highest BCUT2D eigenvalue weighted by atomic mass is 35.5. The maximum Gasteiger partial charge on any atom is 0.280 e. The van der Waals surface area contributed by atoms with Crippen LogP contribution < -0.4 is 0 Å². The van der Waals surface area contributed by atoms with Crippen LogP contribution in [0.3, 0.4) is 0 Å². The van der Waals surface area contributed by atoms with Crippen molar-refractivity contribution < 1.29 is 14.4 Å². The number of carbonyl (C=O) groups is 1. The van der Waals surface area contributed by atoms with Gasteiger partial charge in [0.15, 0.2) is 6.17 Å². The molecule has 1 aliphatic heterocycles. The van der Waals surface area contributed by atoms with Gasteiger partial charge in [0.05, 0.1) is 36.6 Å². The second kappa shape index (κ2) is 9.42. The number of benzene rings is 2. The molecular weight excluding hydrogens is 489 g/mol. The number of halogens is 2. The topological polar surface area (TPSA) is 54.6 Å². The molecule has 3 aromatic rings. The first-order chi connectivity index (χ1) is 16.1. The summed E-state index contributed by atoms with van der Waals surface area (Å²) >= 11 is 17.0. The average molecular weight is 518 g/mol. The highest BCUT2D eigenvalue weighted by Crippen LogP contribution is 2.46. The molecule has 2 heterocycles. The van der Waals surface area contributed by atoms with Crippen LogP contribution in [0.1, 0.15) is 54.3 Å². The normalized spacial score (nSPS) is 15.3. The molecule has 1 N–H and O–H groups in total. The molecule has 1 amide bonds. The number of quaternary nitrogens is 1. The zero-order valence-corrected chi connectivity index (χ0v) is 22.0. The molecule has 1 aliphatic rings. The van der Waals surface area contributed by atoms with Crippen molar-refractivity contribution >= 4 is 47.4 Å². The molecule has 2 unspecified atom stereocenters. The van der Waals surface area contributed by atoms with E-state index in [1.807, 2.05) is 35.8 Å². The summed E-state index contributed by atoms with van der Waals surface area (Å²) in [5.74, 6) is -0.350. The summed E-state index contributed by atoms with van der Waals surface area (Å²) in [5, 5.41) is 12.9. The number of fused-ring (bicyclic) bond motifs is 1. The molecular formula is C26H28Cl2N3O2S+. The van der Waals surface area contributed by atoms with Gasteiger partial charge in [-0.05, 0) is 43.2 Å². The summed E-state index contributed by atoms with van der Waals surface area (Å²) in [6, 6.07) is 14.4. The van der Waals surface area contributed by atoms with Gasteiger partial charge in [-0.3, -0.25) is 13.8 Å². The lowest BCUT2D eigenvalue weighted by Gasteiger charge is -2.42. The summed E-state index contributed by atoms with van der Waals surface area (Å²) in [6.45, 7) is 4.14. The third kappa shape index (κ3) is 4.17. The van der Waals surface area contributed by atoms with Gasteiger partial charge >= 0.3 is 0 Å². The molecule has 1 aromatic heterocycles. The molecule has 0 spiro atoms. The lowest BCUT2D eigenvalue weighted by molar-refractivity contribution is -0.938. The summed E-state index contributed by atoms with van der Waals surface area (Å²) in [7, 11) is 4.18. The second-order valence-electron chi connectivity index (χ2n) is 9.10. The fraction of sp³-hybridized carbons (Fsp3) is 0.308. The highest BCUT2D eigenvalue weighted by Gasteiger charge is 2.42.